The number of rotatable bonds is 9. The summed E-state index contributed by atoms with van der Waals surface area (Å²) in [5.74, 6) is 0.628. The van der Waals surface area contributed by atoms with Crippen LogP contribution < -0.4 is 20.8 Å². The van der Waals surface area contributed by atoms with Gasteiger partial charge in [0.25, 0.3) is 5.56 Å². The molecule has 0 bridgehead atoms. The zero-order chi connectivity index (χ0) is 20.7. The van der Waals surface area contributed by atoms with Crippen LogP contribution in [-0.4, -0.2) is 17.8 Å². The largest absolute Gasteiger partial charge is 0.485 e. The number of anilines is 1. The molecule has 0 unspecified atom stereocenters. The number of hydrogen-bond acceptors (Lipinski definition) is 4. The first-order chi connectivity index (χ1) is 13.3. The highest BCUT2D eigenvalue weighted by molar-refractivity contribution is 5.90. The van der Waals surface area contributed by atoms with E-state index in [1.54, 1.807) is 25.3 Å². The van der Waals surface area contributed by atoms with E-state index in [0.29, 0.717) is 23.6 Å². The van der Waals surface area contributed by atoms with Crippen LogP contribution in [-0.2, 0) is 7.05 Å². The average Bonchev–Trinajstić information content (AvgIpc) is 2.65. The third-order valence-corrected chi connectivity index (χ3v) is 4.43. The summed E-state index contributed by atoms with van der Waals surface area (Å²) in [5, 5.41) is 0.783. The van der Waals surface area contributed by atoms with Gasteiger partial charge in [0.05, 0.1) is 5.52 Å². The van der Waals surface area contributed by atoms with Crippen LogP contribution in [0.1, 0.15) is 33.6 Å². The van der Waals surface area contributed by atoms with Gasteiger partial charge in [-0.3, -0.25) is 4.79 Å². The molecule has 0 saturated heterocycles. The molecule has 1 heterocycles. The highest BCUT2D eigenvalue weighted by Crippen LogP contribution is 2.33. The lowest BCUT2D eigenvalue weighted by atomic mass is 10.1. The summed E-state index contributed by atoms with van der Waals surface area (Å²) in [5.41, 5.74) is 9.49. The minimum absolute atomic E-state index is 0.190. The Morgan fingerprint density at radius 1 is 1.14 bits per heavy atom. The third kappa shape index (κ3) is 5.28. The Bertz CT molecular complexity index is 964. The van der Waals surface area contributed by atoms with E-state index in [1.807, 2.05) is 12.1 Å². The van der Waals surface area contributed by atoms with Crippen LogP contribution >= 0.6 is 0 Å². The van der Waals surface area contributed by atoms with Gasteiger partial charge >= 0.3 is 0 Å². The number of aryl methyl sites for hydroxylation is 1. The Morgan fingerprint density at radius 2 is 1.86 bits per heavy atom. The standard InChI is InChI=1S/C23H30N2O3/c1-6-13-27-22-21(28-14-12-17(4)9-7-8-16(2)3)19-11-10-18(24)15-20(19)25(5)23(22)26/h6,8,10-12,15H,1,7,9,13-14,24H2,2-5H3/b17-12+. The number of fused-ring (bicyclic) bond motifs is 1. The number of aromatic nitrogens is 1. The molecule has 0 spiro atoms. The minimum Gasteiger partial charge on any atom is -0.485 e. The monoisotopic (exact) mass is 382 g/mol. The Labute approximate surface area is 166 Å². The van der Waals surface area contributed by atoms with Gasteiger partial charge in [-0.2, -0.15) is 0 Å². The highest BCUT2D eigenvalue weighted by Gasteiger charge is 2.18. The number of hydrogen-bond donors (Lipinski definition) is 1. The van der Waals surface area contributed by atoms with Crippen molar-refractivity contribution in [3.8, 4) is 11.5 Å². The van der Waals surface area contributed by atoms with Crippen molar-refractivity contribution in [1.82, 2.24) is 4.57 Å². The van der Waals surface area contributed by atoms with E-state index >= 15 is 0 Å². The van der Waals surface area contributed by atoms with Gasteiger partial charge in [-0.1, -0.05) is 29.9 Å². The Hall–Kier alpha value is -2.95. The van der Waals surface area contributed by atoms with Crippen LogP contribution in [0.15, 0.2) is 58.9 Å². The number of nitrogens with zero attached hydrogens (tertiary/aromatic N) is 1. The van der Waals surface area contributed by atoms with Crippen molar-refractivity contribution >= 4 is 16.6 Å². The molecule has 1 aromatic carbocycles. The quantitative estimate of drug-likeness (QED) is 0.502. The first kappa shape index (κ1) is 21.4. The summed E-state index contributed by atoms with van der Waals surface area (Å²) in [6, 6.07) is 5.41. The molecule has 5 nitrogen and oxygen atoms in total. The minimum atomic E-state index is -0.265. The van der Waals surface area contributed by atoms with Gasteiger partial charge < -0.3 is 19.8 Å². The second kappa shape index (κ2) is 9.83. The molecule has 0 aliphatic carbocycles. The molecule has 2 N–H and O–H groups in total. The molecule has 5 heteroatoms. The second-order valence-corrected chi connectivity index (χ2v) is 7.08. The summed E-state index contributed by atoms with van der Waals surface area (Å²) in [6.45, 7) is 10.5. The Morgan fingerprint density at radius 3 is 2.54 bits per heavy atom. The van der Waals surface area contributed by atoms with E-state index < -0.39 is 0 Å². The molecule has 0 saturated carbocycles. The zero-order valence-corrected chi connectivity index (χ0v) is 17.2. The van der Waals surface area contributed by atoms with Crippen LogP contribution in [0.3, 0.4) is 0 Å². The average molecular weight is 383 g/mol. The first-order valence-electron chi connectivity index (χ1n) is 9.42. The van der Waals surface area contributed by atoms with Crippen molar-refractivity contribution in [2.45, 2.75) is 33.6 Å². The van der Waals surface area contributed by atoms with Crippen LogP contribution in [0.4, 0.5) is 5.69 Å². The maximum absolute atomic E-state index is 12.8. The molecule has 2 aromatic rings. The highest BCUT2D eigenvalue weighted by atomic mass is 16.5. The van der Waals surface area contributed by atoms with Gasteiger partial charge in [0.2, 0.25) is 5.75 Å². The van der Waals surface area contributed by atoms with Gasteiger partial charge in [0.15, 0.2) is 5.75 Å². The summed E-state index contributed by atoms with van der Waals surface area (Å²) >= 11 is 0. The van der Waals surface area contributed by atoms with Crippen molar-refractivity contribution in [1.29, 1.82) is 0 Å². The number of nitrogens with two attached hydrogens (primary N) is 1. The van der Waals surface area contributed by atoms with E-state index in [9.17, 15) is 4.79 Å². The van der Waals surface area contributed by atoms with Crippen molar-refractivity contribution in [2.75, 3.05) is 18.9 Å². The van der Waals surface area contributed by atoms with E-state index in [-0.39, 0.29) is 17.9 Å². The fourth-order valence-corrected chi connectivity index (χ4v) is 2.87. The zero-order valence-electron chi connectivity index (χ0n) is 17.2. The summed E-state index contributed by atoms with van der Waals surface area (Å²) in [7, 11) is 1.70. The van der Waals surface area contributed by atoms with Crippen LogP contribution in [0, 0.1) is 0 Å². The van der Waals surface area contributed by atoms with Gasteiger partial charge in [-0.15, -0.1) is 0 Å². The molecular formula is C23H30N2O3. The predicted molar refractivity (Wildman–Crippen MR) is 117 cm³/mol. The molecule has 0 amide bonds. The van der Waals surface area contributed by atoms with Crippen molar-refractivity contribution in [3.05, 3.63) is 64.5 Å². The van der Waals surface area contributed by atoms with E-state index in [0.717, 1.165) is 18.2 Å². The summed E-state index contributed by atoms with van der Waals surface area (Å²) in [4.78, 5) is 12.8. The molecular weight excluding hydrogens is 352 g/mol. The number of allylic oxidation sites excluding steroid dienone is 3. The maximum Gasteiger partial charge on any atom is 0.297 e. The fraction of sp³-hybridized carbons (Fsp3) is 0.348. The molecule has 0 radical (unpaired) electrons. The van der Waals surface area contributed by atoms with E-state index in [4.69, 9.17) is 15.2 Å². The van der Waals surface area contributed by atoms with Crippen LogP contribution in [0.25, 0.3) is 10.9 Å². The lowest BCUT2D eigenvalue weighted by molar-refractivity contribution is 0.305. The SMILES string of the molecule is C=CCOc1c(OC/C=C(\C)CCC=C(C)C)c2ccc(N)cc2n(C)c1=O. The topological polar surface area (TPSA) is 66.5 Å². The summed E-state index contributed by atoms with van der Waals surface area (Å²) < 4.78 is 13.2. The predicted octanol–water partition coefficient (Wildman–Crippen LogP) is 4.76. The first-order valence-corrected chi connectivity index (χ1v) is 9.42. The molecule has 1 aromatic heterocycles. The molecule has 0 fully saturated rings. The molecule has 0 atom stereocenters. The van der Waals surface area contributed by atoms with Gasteiger partial charge in [-0.05, 0) is 57.9 Å². The molecule has 2 rings (SSSR count). The van der Waals surface area contributed by atoms with E-state index in [1.165, 1.54) is 15.7 Å². The second-order valence-electron chi connectivity index (χ2n) is 7.08. The van der Waals surface area contributed by atoms with Crippen molar-refractivity contribution in [2.24, 2.45) is 7.05 Å². The van der Waals surface area contributed by atoms with Gasteiger partial charge in [-0.25, -0.2) is 0 Å². The lowest BCUT2D eigenvalue weighted by Crippen LogP contribution is -2.21. The third-order valence-electron chi connectivity index (χ3n) is 4.43. The Kier molecular flexibility index (Phi) is 7.50. The Balaban J connectivity index is 2.35. The number of ether oxygens (including phenoxy) is 2. The van der Waals surface area contributed by atoms with Crippen LogP contribution in [0.5, 0.6) is 11.5 Å². The van der Waals surface area contributed by atoms with E-state index in [2.05, 4.69) is 33.4 Å². The molecule has 0 aliphatic rings. The molecule has 0 aliphatic heterocycles. The van der Waals surface area contributed by atoms with Crippen LogP contribution in [0.2, 0.25) is 0 Å². The number of pyridine rings is 1. The normalized spacial score (nSPS) is 11.4. The molecule has 28 heavy (non-hydrogen) atoms. The molecule has 150 valence electrons. The fourth-order valence-electron chi connectivity index (χ4n) is 2.87. The summed E-state index contributed by atoms with van der Waals surface area (Å²) in [6.07, 6.45) is 7.84. The van der Waals surface area contributed by atoms with Crippen molar-refractivity contribution in [3.63, 3.8) is 0 Å². The number of nitrogen functional groups attached to an aromatic ring is 1. The van der Waals surface area contributed by atoms with Crippen molar-refractivity contribution < 1.29 is 9.47 Å². The lowest BCUT2D eigenvalue weighted by Gasteiger charge is -2.16. The smallest absolute Gasteiger partial charge is 0.297 e. The maximum atomic E-state index is 12.8. The van der Waals surface area contributed by atoms with Gasteiger partial charge in [0.1, 0.15) is 13.2 Å². The van der Waals surface area contributed by atoms with Gasteiger partial charge in [0, 0.05) is 18.1 Å². The number of benzene rings is 1.